The largest absolute Gasteiger partial charge is 0.466 e. The van der Waals surface area contributed by atoms with Gasteiger partial charge in [0.2, 0.25) is 17.8 Å². The molecule has 45 heteroatoms. The van der Waals surface area contributed by atoms with Crippen molar-refractivity contribution in [2.75, 3.05) is 116 Å². The Balaban J connectivity index is 0.796. The van der Waals surface area contributed by atoms with Crippen LogP contribution in [0.3, 0.4) is 0 Å². The maximum atomic E-state index is 13.7. The number of aliphatic hydroxyl groups is 12. The molecule has 4 fully saturated rings. The monoisotopic (exact) mass is 1590 g/mol. The van der Waals surface area contributed by atoms with E-state index in [2.05, 4.69) is 35.9 Å². The Morgan fingerprint density at radius 2 is 0.991 bits per heavy atom. The number of amides is 5. The zero-order valence-electron chi connectivity index (χ0n) is 60.7. The van der Waals surface area contributed by atoms with Crippen LogP contribution in [0, 0.1) is 0 Å². The van der Waals surface area contributed by atoms with Gasteiger partial charge in [-0.2, -0.15) is 9.97 Å². The SMILES string of the molecule is CN(Cc1cnc2nc(N)nc(N)c2n1)c1ccc(C(=O)N[C@H](CCC(=O)OCCCCCC(=O)NCCOCCOC2O[C@@H](CO)[C@@H](O)[C@H](O)[C@@H]2O[C@H]2O[C@H](CO)[C@@H](O)[C@H](OC(N)=O)[C@@H]2O)C(=O)OCCCCCC(=O)NCCOCCOC2O[C@H](CO)[C@H](O)[C@@H](O)[C@H]2O[C@@H]2O[C@@H](CO)[C@H](O)C(OC(N)=O)[C@H]2O)cc1. The number of benzene rings is 1. The Labute approximate surface area is 634 Å². The van der Waals surface area contributed by atoms with Crippen molar-refractivity contribution in [1.82, 2.24) is 35.9 Å². The lowest BCUT2D eigenvalue weighted by Gasteiger charge is -2.46. The average Bonchev–Trinajstić information content (AvgIpc) is 0.793. The fourth-order valence-corrected chi connectivity index (χ4v) is 11.9. The van der Waals surface area contributed by atoms with E-state index in [0.717, 1.165) is 0 Å². The summed E-state index contributed by atoms with van der Waals surface area (Å²) >= 11 is 0. The summed E-state index contributed by atoms with van der Waals surface area (Å²) in [7, 11) is 1.78. The minimum absolute atomic E-state index is 0.0140. The van der Waals surface area contributed by atoms with Gasteiger partial charge in [0.05, 0.1) is 97.7 Å². The highest BCUT2D eigenvalue weighted by atomic mass is 16.8. The number of nitrogen functional groups attached to an aromatic ring is 2. The standard InChI is InChI=1S/C66H102N12O33/c1-78(27-33-26-73-57-43(74-33)56(67)76-64(68)77-57)34-12-10-32(11-13-34)58(94)75-35(59(95)101-19-7-3-5-9-41(84)72-17-21-99-23-25-103-63-55(49(91)45(87)37(29-80)107-63)109-61-51(93)53(111-66(70)97)47(89)39(31-82)105-61)14-15-42(85)100-18-6-2-4-8-40(83)71-16-20-98-22-24-102-62-54(48(90)44(86)36(28-79)106-62)108-60-50(92)52(110-65(69)96)46(88)38(30-81)104-60/h10-13,26,35-39,44-55,60-63,79-82,86-93H,2-9,14-25,27-31H2,1H3,(H2,69,96)(H2,70,97)(H,71,83)(H,72,84)(H,75,94)(H4,67,68,73,76,77)/t35-,36+,37-,38-,39+,44-,45+,46-,47+,48+,49-,50+,51-,52+,53?,54+,55-,60-,61+,62?,63?/m1/s1. The molecule has 0 spiro atoms. The van der Waals surface area contributed by atoms with Crippen LogP contribution in [0.2, 0.25) is 0 Å². The number of aromatic nitrogens is 4. The first-order chi connectivity index (χ1) is 53.2. The molecular weight excluding hydrogens is 1490 g/mol. The third-order valence-corrected chi connectivity index (χ3v) is 17.8. The topological polar surface area (TPSA) is 686 Å². The van der Waals surface area contributed by atoms with E-state index in [4.69, 9.17) is 89.3 Å². The molecule has 624 valence electrons. The van der Waals surface area contributed by atoms with Gasteiger partial charge in [-0.3, -0.25) is 19.2 Å². The Bertz CT molecular complexity index is 3410. The van der Waals surface area contributed by atoms with Gasteiger partial charge < -0.3 is 171 Å². The lowest BCUT2D eigenvalue weighted by atomic mass is 9.97. The summed E-state index contributed by atoms with van der Waals surface area (Å²) in [4.78, 5) is 107. The molecule has 23 N–H and O–H groups in total. The number of hydrogen-bond acceptors (Lipinski definition) is 40. The van der Waals surface area contributed by atoms with E-state index in [1.54, 1.807) is 31.3 Å². The molecule has 2 aromatic heterocycles. The number of carbonyl (C=O) groups excluding carboxylic acids is 7. The van der Waals surface area contributed by atoms with E-state index in [9.17, 15) is 94.8 Å². The molecule has 21 atom stereocenters. The smallest absolute Gasteiger partial charge is 0.404 e. The summed E-state index contributed by atoms with van der Waals surface area (Å²) in [6, 6.07) is 5.13. The predicted octanol–water partition coefficient (Wildman–Crippen LogP) is -7.94. The minimum atomic E-state index is -1.92. The second-order valence-corrected chi connectivity index (χ2v) is 26.0. The zero-order chi connectivity index (χ0) is 80.8. The molecule has 4 aliphatic rings. The number of hydrogen-bond donors (Lipinski definition) is 19. The first kappa shape index (κ1) is 90.2. The van der Waals surface area contributed by atoms with Crippen LogP contribution in [-0.4, -0.2) is 351 Å². The van der Waals surface area contributed by atoms with Gasteiger partial charge in [0.15, 0.2) is 54.3 Å². The maximum absolute atomic E-state index is 13.7. The summed E-state index contributed by atoms with van der Waals surface area (Å²) in [5, 5.41) is 133. The van der Waals surface area contributed by atoms with Gasteiger partial charge in [0.1, 0.15) is 91.5 Å². The second kappa shape index (κ2) is 45.7. The molecule has 1 aromatic carbocycles. The number of aliphatic hydroxyl groups excluding tert-OH is 12. The second-order valence-electron chi connectivity index (χ2n) is 26.0. The molecule has 3 unspecified atom stereocenters. The van der Waals surface area contributed by atoms with E-state index < -0.39 is 185 Å². The molecule has 45 nitrogen and oxygen atoms in total. The molecule has 3 aromatic rings. The minimum Gasteiger partial charge on any atom is -0.466 e. The van der Waals surface area contributed by atoms with Gasteiger partial charge in [-0.25, -0.2) is 24.4 Å². The zero-order valence-corrected chi connectivity index (χ0v) is 60.7. The third-order valence-electron chi connectivity index (χ3n) is 17.8. The molecule has 5 amide bonds. The average molecular weight is 1590 g/mol. The van der Waals surface area contributed by atoms with Gasteiger partial charge in [0.25, 0.3) is 5.91 Å². The number of nitrogens with one attached hydrogen (secondary N) is 3. The van der Waals surface area contributed by atoms with Gasteiger partial charge in [-0.15, -0.1) is 0 Å². The summed E-state index contributed by atoms with van der Waals surface area (Å²) < 4.78 is 76.5. The van der Waals surface area contributed by atoms with Gasteiger partial charge in [-0.1, -0.05) is 0 Å². The molecule has 4 saturated heterocycles. The number of nitrogens with two attached hydrogens (primary N) is 4. The van der Waals surface area contributed by atoms with Crippen LogP contribution in [0.25, 0.3) is 11.2 Å². The highest BCUT2D eigenvalue weighted by molar-refractivity contribution is 5.97. The number of fused-ring (bicyclic) bond motifs is 1. The summed E-state index contributed by atoms with van der Waals surface area (Å²) in [6.45, 7) is -3.43. The Morgan fingerprint density at radius 3 is 1.47 bits per heavy atom. The summed E-state index contributed by atoms with van der Waals surface area (Å²) in [6.07, 6.45) is -32.4. The quantitative estimate of drug-likeness (QED) is 0.0142. The van der Waals surface area contributed by atoms with Crippen molar-refractivity contribution in [3.63, 3.8) is 0 Å². The molecule has 7 rings (SSSR count). The molecular formula is C66H102N12O33. The van der Waals surface area contributed by atoms with E-state index in [1.807, 2.05) is 4.90 Å². The van der Waals surface area contributed by atoms with Crippen LogP contribution in [0.4, 0.5) is 27.0 Å². The van der Waals surface area contributed by atoms with Crippen molar-refractivity contribution in [3.05, 3.63) is 41.7 Å². The molecule has 111 heavy (non-hydrogen) atoms. The van der Waals surface area contributed by atoms with Crippen molar-refractivity contribution >= 4 is 70.5 Å². The van der Waals surface area contributed by atoms with Crippen LogP contribution in [-0.2, 0) is 92.0 Å². The van der Waals surface area contributed by atoms with Gasteiger partial charge >= 0.3 is 24.1 Å². The molecule has 0 aliphatic carbocycles. The number of unbranched alkanes of at least 4 members (excludes halogenated alkanes) is 4. The number of rotatable bonds is 45. The Kier molecular flexibility index (Phi) is 37.1. The van der Waals surface area contributed by atoms with Crippen molar-refractivity contribution in [3.8, 4) is 0 Å². The summed E-state index contributed by atoms with van der Waals surface area (Å²) in [5.41, 5.74) is 23.7. The van der Waals surface area contributed by atoms with Crippen molar-refractivity contribution in [2.45, 2.75) is 200 Å². The number of carbonyl (C=O) groups is 7. The molecule has 0 radical (unpaired) electrons. The third kappa shape index (κ3) is 27.1. The van der Waals surface area contributed by atoms with E-state index in [-0.39, 0.29) is 138 Å². The number of primary amides is 2. The summed E-state index contributed by atoms with van der Waals surface area (Å²) in [5.74, 6) is -2.75. The molecule has 0 saturated carbocycles. The van der Waals surface area contributed by atoms with Crippen LogP contribution in [0.15, 0.2) is 30.5 Å². The van der Waals surface area contributed by atoms with Crippen LogP contribution in [0.1, 0.15) is 80.3 Å². The van der Waals surface area contributed by atoms with Crippen LogP contribution in [0.5, 0.6) is 0 Å². The molecule has 4 aliphatic heterocycles. The lowest BCUT2D eigenvalue weighted by molar-refractivity contribution is -0.367. The number of nitrogens with zero attached hydrogens (tertiary/aromatic N) is 5. The number of anilines is 3. The number of esters is 2. The lowest BCUT2D eigenvalue weighted by Crippen LogP contribution is -2.65. The Morgan fingerprint density at radius 1 is 0.523 bits per heavy atom. The first-order valence-corrected chi connectivity index (χ1v) is 35.8. The highest BCUT2D eigenvalue weighted by Crippen LogP contribution is 2.33. The van der Waals surface area contributed by atoms with Crippen LogP contribution < -0.4 is 43.8 Å². The van der Waals surface area contributed by atoms with Gasteiger partial charge in [-0.05, 0) is 69.2 Å². The Hall–Kier alpha value is -7.95. The van der Waals surface area contributed by atoms with Crippen molar-refractivity contribution in [2.24, 2.45) is 11.5 Å². The first-order valence-electron chi connectivity index (χ1n) is 35.8. The van der Waals surface area contributed by atoms with E-state index in [1.165, 1.54) is 6.20 Å². The van der Waals surface area contributed by atoms with E-state index >= 15 is 0 Å². The maximum Gasteiger partial charge on any atom is 0.404 e. The number of ether oxygens (including phenoxy) is 14. The highest BCUT2D eigenvalue weighted by Gasteiger charge is 2.54. The fraction of sp³-hybridized carbons (Fsp3) is 0.712. The van der Waals surface area contributed by atoms with Crippen molar-refractivity contribution in [1.29, 1.82) is 0 Å². The van der Waals surface area contributed by atoms with Gasteiger partial charge in [0, 0.05) is 50.7 Å². The molecule has 0 bridgehead atoms. The predicted molar refractivity (Wildman–Crippen MR) is 371 cm³/mol. The van der Waals surface area contributed by atoms with Crippen LogP contribution >= 0.6 is 0 Å². The molecule has 6 heterocycles. The van der Waals surface area contributed by atoms with E-state index in [0.29, 0.717) is 49.9 Å². The normalized spacial score (nSPS) is 28.3. The fourth-order valence-electron chi connectivity index (χ4n) is 11.9. The van der Waals surface area contributed by atoms with Crippen molar-refractivity contribution < 1.29 is 161 Å².